The number of carbonyl (C=O) groups is 1. The van der Waals surface area contributed by atoms with Gasteiger partial charge in [0.1, 0.15) is 0 Å². The third-order valence-electron chi connectivity index (χ3n) is 3.04. The first kappa shape index (κ1) is 17.0. The zero-order valence-corrected chi connectivity index (χ0v) is 13.3. The van der Waals surface area contributed by atoms with Crippen LogP contribution in [0.1, 0.15) is 5.56 Å². The van der Waals surface area contributed by atoms with Gasteiger partial charge in [-0.15, -0.1) is 0 Å². The van der Waals surface area contributed by atoms with Gasteiger partial charge in [-0.25, -0.2) is 12.8 Å². The van der Waals surface area contributed by atoms with E-state index >= 15 is 0 Å². The van der Waals surface area contributed by atoms with E-state index in [0.717, 1.165) is 11.8 Å². The molecule has 0 radical (unpaired) electrons. The van der Waals surface area contributed by atoms with E-state index in [4.69, 9.17) is 4.74 Å². The minimum Gasteiger partial charge on any atom is -0.481 e. The van der Waals surface area contributed by atoms with E-state index in [9.17, 15) is 17.6 Å². The Bertz CT molecular complexity index is 788. The fourth-order valence-corrected chi connectivity index (χ4v) is 2.44. The molecule has 1 N–H and O–H groups in total. The smallest absolute Gasteiger partial charge is 0.258 e. The van der Waals surface area contributed by atoms with Crippen LogP contribution in [-0.4, -0.2) is 27.2 Å². The Labute approximate surface area is 134 Å². The minimum atomic E-state index is -3.24. The lowest BCUT2D eigenvalue weighted by Gasteiger charge is -2.08. The molecule has 23 heavy (non-hydrogen) atoms. The number of amides is 1. The molecule has 0 saturated heterocycles. The highest BCUT2D eigenvalue weighted by molar-refractivity contribution is 7.90. The highest BCUT2D eigenvalue weighted by atomic mass is 32.2. The van der Waals surface area contributed by atoms with Gasteiger partial charge in [0.25, 0.3) is 5.91 Å². The summed E-state index contributed by atoms with van der Waals surface area (Å²) in [6, 6.07) is 12.0. The molecule has 0 aromatic heterocycles. The van der Waals surface area contributed by atoms with E-state index < -0.39 is 21.6 Å². The number of sulfone groups is 1. The second-order valence-corrected chi connectivity index (χ2v) is 6.93. The fourth-order valence-electron chi connectivity index (χ4n) is 1.81. The predicted molar refractivity (Wildman–Crippen MR) is 83.3 cm³/mol. The van der Waals surface area contributed by atoms with Crippen molar-refractivity contribution in [1.82, 2.24) is 5.32 Å². The number of halogens is 1. The number of ether oxygens (including phenoxy) is 1. The van der Waals surface area contributed by atoms with Crippen molar-refractivity contribution in [3.63, 3.8) is 0 Å². The molecule has 0 bridgehead atoms. The molecule has 5 nitrogen and oxygen atoms in total. The molecule has 0 atom stereocenters. The first-order valence-electron chi connectivity index (χ1n) is 6.79. The summed E-state index contributed by atoms with van der Waals surface area (Å²) < 4.78 is 41.1. The summed E-state index contributed by atoms with van der Waals surface area (Å²) in [5.41, 5.74) is 0.747. The SMILES string of the molecule is CS(=O)(=O)c1ccc(CNC(=O)COc2ccccc2F)cc1. The Hall–Kier alpha value is -2.41. The Morgan fingerprint density at radius 1 is 1.13 bits per heavy atom. The van der Waals surface area contributed by atoms with Crippen molar-refractivity contribution in [2.45, 2.75) is 11.4 Å². The van der Waals surface area contributed by atoms with Crippen LogP contribution in [-0.2, 0) is 21.2 Å². The summed E-state index contributed by atoms with van der Waals surface area (Å²) in [5, 5.41) is 2.61. The van der Waals surface area contributed by atoms with E-state index in [1.807, 2.05) is 0 Å². The number of rotatable bonds is 6. The third-order valence-corrected chi connectivity index (χ3v) is 4.17. The van der Waals surface area contributed by atoms with Crippen molar-refractivity contribution in [1.29, 1.82) is 0 Å². The normalized spacial score (nSPS) is 11.0. The average molecular weight is 337 g/mol. The van der Waals surface area contributed by atoms with Gasteiger partial charge in [0, 0.05) is 12.8 Å². The lowest BCUT2D eigenvalue weighted by atomic mass is 10.2. The van der Waals surface area contributed by atoms with Crippen molar-refractivity contribution >= 4 is 15.7 Å². The standard InChI is InChI=1S/C16H16FNO4S/c1-23(20,21)13-8-6-12(7-9-13)10-18-16(19)11-22-15-5-3-2-4-14(15)17/h2-9H,10-11H2,1H3,(H,18,19). The molecule has 1 amide bonds. The minimum absolute atomic E-state index is 0.0140. The van der Waals surface area contributed by atoms with Gasteiger partial charge in [0.05, 0.1) is 4.90 Å². The number of hydrogen-bond donors (Lipinski definition) is 1. The van der Waals surface area contributed by atoms with E-state index in [1.165, 1.54) is 30.3 Å². The van der Waals surface area contributed by atoms with E-state index in [2.05, 4.69) is 5.32 Å². The van der Waals surface area contributed by atoms with Crippen molar-refractivity contribution in [3.05, 3.63) is 59.9 Å². The second kappa shape index (κ2) is 7.23. The molecule has 0 fully saturated rings. The van der Waals surface area contributed by atoms with E-state index in [0.29, 0.717) is 0 Å². The maximum Gasteiger partial charge on any atom is 0.258 e. The number of para-hydroxylation sites is 1. The first-order valence-corrected chi connectivity index (χ1v) is 8.68. The molecule has 0 aliphatic rings. The van der Waals surface area contributed by atoms with Crippen molar-refractivity contribution < 1.29 is 22.3 Å². The van der Waals surface area contributed by atoms with Crippen LogP contribution >= 0.6 is 0 Å². The van der Waals surface area contributed by atoms with Crippen LogP contribution < -0.4 is 10.1 Å². The topological polar surface area (TPSA) is 72.5 Å². The first-order chi connectivity index (χ1) is 10.9. The summed E-state index contributed by atoms with van der Waals surface area (Å²) in [4.78, 5) is 11.9. The number of carbonyl (C=O) groups excluding carboxylic acids is 1. The van der Waals surface area contributed by atoms with Crippen molar-refractivity contribution in [2.75, 3.05) is 12.9 Å². The van der Waals surface area contributed by atoms with Crippen LogP contribution in [0.3, 0.4) is 0 Å². The maximum atomic E-state index is 13.3. The lowest BCUT2D eigenvalue weighted by Crippen LogP contribution is -2.28. The van der Waals surface area contributed by atoms with E-state index in [1.54, 1.807) is 18.2 Å². The summed E-state index contributed by atoms with van der Waals surface area (Å²) in [6.45, 7) is -0.0775. The monoisotopic (exact) mass is 337 g/mol. The second-order valence-electron chi connectivity index (χ2n) is 4.91. The molecule has 0 spiro atoms. The van der Waals surface area contributed by atoms with Crippen LogP contribution in [0, 0.1) is 5.82 Å². The zero-order chi connectivity index (χ0) is 16.9. The van der Waals surface area contributed by atoms with Crippen LogP contribution in [0.25, 0.3) is 0 Å². The number of benzene rings is 2. The van der Waals surface area contributed by atoms with Crippen LogP contribution in [0.15, 0.2) is 53.4 Å². The quantitative estimate of drug-likeness (QED) is 0.874. The largest absolute Gasteiger partial charge is 0.481 e. The highest BCUT2D eigenvalue weighted by Crippen LogP contribution is 2.15. The lowest BCUT2D eigenvalue weighted by molar-refractivity contribution is -0.123. The molecule has 2 rings (SSSR count). The summed E-state index contributed by atoms with van der Waals surface area (Å²) in [7, 11) is -3.24. The van der Waals surface area contributed by atoms with Gasteiger partial charge in [-0.05, 0) is 29.8 Å². The molecule has 0 aliphatic heterocycles. The molecule has 7 heteroatoms. The Morgan fingerprint density at radius 2 is 1.78 bits per heavy atom. The fraction of sp³-hybridized carbons (Fsp3) is 0.188. The predicted octanol–water partition coefficient (Wildman–Crippen LogP) is 1.92. The van der Waals surface area contributed by atoms with Crippen LogP contribution in [0.2, 0.25) is 0 Å². The molecular formula is C16H16FNO4S. The summed E-state index contributed by atoms with van der Waals surface area (Å²) in [6.07, 6.45) is 1.13. The van der Waals surface area contributed by atoms with Crippen LogP contribution in [0.5, 0.6) is 5.75 Å². The van der Waals surface area contributed by atoms with Gasteiger partial charge in [-0.1, -0.05) is 24.3 Å². The van der Waals surface area contributed by atoms with Gasteiger partial charge < -0.3 is 10.1 Å². The van der Waals surface area contributed by atoms with Crippen molar-refractivity contribution in [3.8, 4) is 5.75 Å². The molecule has 2 aromatic carbocycles. The molecule has 0 unspecified atom stereocenters. The highest BCUT2D eigenvalue weighted by Gasteiger charge is 2.08. The molecule has 0 heterocycles. The van der Waals surface area contributed by atoms with Gasteiger partial charge in [0.15, 0.2) is 28.0 Å². The van der Waals surface area contributed by atoms with E-state index in [-0.39, 0.29) is 23.8 Å². The molecule has 0 saturated carbocycles. The Morgan fingerprint density at radius 3 is 2.39 bits per heavy atom. The van der Waals surface area contributed by atoms with Gasteiger partial charge in [0.2, 0.25) is 0 Å². The Balaban J connectivity index is 1.84. The van der Waals surface area contributed by atoms with Crippen molar-refractivity contribution in [2.24, 2.45) is 0 Å². The van der Waals surface area contributed by atoms with Crippen LogP contribution in [0.4, 0.5) is 4.39 Å². The van der Waals surface area contributed by atoms with Gasteiger partial charge in [-0.3, -0.25) is 4.79 Å². The van der Waals surface area contributed by atoms with Gasteiger partial charge >= 0.3 is 0 Å². The molecule has 122 valence electrons. The number of hydrogen-bond acceptors (Lipinski definition) is 4. The molecule has 0 aliphatic carbocycles. The average Bonchev–Trinajstić information content (AvgIpc) is 2.51. The Kier molecular flexibility index (Phi) is 5.33. The third kappa shape index (κ3) is 5.07. The maximum absolute atomic E-state index is 13.3. The zero-order valence-electron chi connectivity index (χ0n) is 12.5. The summed E-state index contributed by atoms with van der Waals surface area (Å²) >= 11 is 0. The van der Waals surface area contributed by atoms with Gasteiger partial charge in [-0.2, -0.15) is 0 Å². The molecule has 2 aromatic rings. The molecular weight excluding hydrogens is 321 g/mol. The summed E-state index contributed by atoms with van der Waals surface area (Å²) in [5.74, 6) is -0.919. The number of nitrogens with one attached hydrogen (secondary N) is 1.